The van der Waals surface area contributed by atoms with Gasteiger partial charge < -0.3 is 21.3 Å². The van der Waals surface area contributed by atoms with Crippen LogP contribution in [-0.2, 0) is 9.59 Å². The summed E-state index contributed by atoms with van der Waals surface area (Å²) in [6.07, 6.45) is 8.18. The summed E-state index contributed by atoms with van der Waals surface area (Å²) in [6.45, 7) is 16.8. The first-order valence-electron chi connectivity index (χ1n) is 14.1. The summed E-state index contributed by atoms with van der Waals surface area (Å²) >= 11 is 6.00. The van der Waals surface area contributed by atoms with Gasteiger partial charge in [0.25, 0.3) is 5.91 Å². The number of amides is 3. The average molecular weight is 549 g/mol. The van der Waals surface area contributed by atoms with Crippen molar-refractivity contribution in [1.82, 2.24) is 15.5 Å². The Labute approximate surface area is 234 Å². The summed E-state index contributed by atoms with van der Waals surface area (Å²) in [5.74, 6) is -0.529. The number of benzene rings is 1. The van der Waals surface area contributed by atoms with Crippen molar-refractivity contribution in [1.29, 1.82) is 0 Å². The molecule has 3 amide bonds. The second kappa shape index (κ2) is 17.1. The van der Waals surface area contributed by atoms with E-state index in [-0.39, 0.29) is 22.9 Å². The standard InChI is InChI=1S/C25H37ClN4O3.C5H12/c1-6-8-16(4)21(13-15(2)3)29-24(32)22-9-7-12-30(22)25(33)17(5)28-23(31)18-10-11-20(27)19(26)14-18;1-3-5-4-2/h10-11,14,16-17,21-22H,2,6-9,12-13,27H2,1,3-5H3,(H,28,31)(H,29,32);3-5H2,1-2H3. The number of rotatable bonds is 12. The molecule has 0 aromatic heterocycles. The molecule has 4 N–H and O–H groups in total. The molecule has 0 bridgehead atoms. The Balaban J connectivity index is 0.00000132. The fourth-order valence-corrected chi connectivity index (χ4v) is 4.80. The van der Waals surface area contributed by atoms with E-state index in [1.54, 1.807) is 24.0 Å². The summed E-state index contributed by atoms with van der Waals surface area (Å²) in [7, 11) is 0. The lowest BCUT2D eigenvalue weighted by Gasteiger charge is -2.31. The van der Waals surface area contributed by atoms with Crippen LogP contribution in [0.2, 0.25) is 5.02 Å². The number of hydrogen-bond donors (Lipinski definition) is 3. The molecule has 0 spiro atoms. The number of nitrogen functional groups attached to an aromatic ring is 1. The van der Waals surface area contributed by atoms with E-state index < -0.39 is 18.0 Å². The highest BCUT2D eigenvalue weighted by Crippen LogP contribution is 2.23. The number of likely N-dealkylation sites (tertiary alicyclic amines) is 1. The van der Waals surface area contributed by atoms with Crippen LogP contribution in [0, 0.1) is 5.92 Å². The fourth-order valence-electron chi connectivity index (χ4n) is 4.62. The van der Waals surface area contributed by atoms with E-state index in [1.807, 2.05) is 6.92 Å². The van der Waals surface area contributed by atoms with Gasteiger partial charge in [0.05, 0.1) is 10.7 Å². The molecule has 1 aromatic rings. The maximum Gasteiger partial charge on any atom is 0.251 e. The molecule has 214 valence electrons. The first-order chi connectivity index (χ1) is 18.0. The molecule has 7 nitrogen and oxygen atoms in total. The van der Waals surface area contributed by atoms with Crippen molar-refractivity contribution in [3.8, 4) is 0 Å². The van der Waals surface area contributed by atoms with Gasteiger partial charge in [0.2, 0.25) is 11.8 Å². The lowest BCUT2D eigenvalue weighted by molar-refractivity contribution is -0.140. The number of hydrogen-bond acceptors (Lipinski definition) is 4. The molecule has 1 aliphatic heterocycles. The molecule has 0 aliphatic carbocycles. The van der Waals surface area contributed by atoms with Gasteiger partial charge in [0.1, 0.15) is 12.1 Å². The SMILES string of the molecule is C=C(C)CC(NC(=O)C1CCCN1C(=O)C(C)NC(=O)c1ccc(N)c(Cl)c1)C(C)CCC.CCCCC. The third-order valence-corrected chi connectivity index (χ3v) is 7.18. The van der Waals surface area contributed by atoms with Gasteiger partial charge in [0, 0.05) is 18.2 Å². The van der Waals surface area contributed by atoms with Crippen molar-refractivity contribution < 1.29 is 14.4 Å². The Morgan fingerprint density at radius 2 is 1.79 bits per heavy atom. The van der Waals surface area contributed by atoms with Crippen molar-refractivity contribution >= 4 is 35.0 Å². The van der Waals surface area contributed by atoms with Crippen molar-refractivity contribution in [2.24, 2.45) is 5.92 Å². The van der Waals surface area contributed by atoms with Crippen molar-refractivity contribution in [3.63, 3.8) is 0 Å². The van der Waals surface area contributed by atoms with Gasteiger partial charge in [-0.05, 0) is 63.6 Å². The smallest absolute Gasteiger partial charge is 0.251 e. The molecular weight excluding hydrogens is 500 g/mol. The van der Waals surface area contributed by atoms with Gasteiger partial charge in [-0.3, -0.25) is 14.4 Å². The number of nitrogens with two attached hydrogens (primary N) is 1. The summed E-state index contributed by atoms with van der Waals surface area (Å²) < 4.78 is 0. The molecule has 1 saturated heterocycles. The zero-order valence-corrected chi connectivity index (χ0v) is 25.0. The topological polar surface area (TPSA) is 105 Å². The zero-order valence-electron chi connectivity index (χ0n) is 24.2. The van der Waals surface area contributed by atoms with Crippen LogP contribution in [-0.4, -0.2) is 47.3 Å². The Bertz CT molecular complexity index is 934. The number of unbranched alkanes of at least 4 members (excludes halogenated alkanes) is 2. The van der Waals surface area contributed by atoms with Crippen molar-refractivity contribution in [2.75, 3.05) is 12.3 Å². The van der Waals surface area contributed by atoms with Crippen molar-refractivity contribution in [3.05, 3.63) is 40.9 Å². The van der Waals surface area contributed by atoms with E-state index >= 15 is 0 Å². The first-order valence-corrected chi connectivity index (χ1v) is 14.4. The van der Waals surface area contributed by atoms with E-state index in [1.165, 1.54) is 25.3 Å². The molecule has 1 heterocycles. The van der Waals surface area contributed by atoms with Crippen LogP contribution in [0.3, 0.4) is 0 Å². The third kappa shape index (κ3) is 10.7. The molecule has 38 heavy (non-hydrogen) atoms. The molecule has 4 unspecified atom stereocenters. The normalized spacial score (nSPS) is 17.0. The fraction of sp³-hybridized carbons (Fsp3) is 0.633. The number of carbonyl (C=O) groups is 3. The number of anilines is 1. The highest BCUT2D eigenvalue weighted by Gasteiger charge is 2.37. The zero-order chi connectivity index (χ0) is 28.8. The van der Waals surface area contributed by atoms with Gasteiger partial charge in [0.15, 0.2) is 0 Å². The van der Waals surface area contributed by atoms with Crippen LogP contribution in [0.15, 0.2) is 30.4 Å². The largest absolute Gasteiger partial charge is 0.398 e. The Morgan fingerprint density at radius 3 is 2.32 bits per heavy atom. The van der Waals surface area contributed by atoms with Crippen LogP contribution in [0.1, 0.15) is 103 Å². The Morgan fingerprint density at radius 1 is 1.13 bits per heavy atom. The molecule has 4 atom stereocenters. The first kappa shape index (κ1) is 33.5. The van der Waals surface area contributed by atoms with Crippen molar-refractivity contribution in [2.45, 2.75) is 111 Å². The van der Waals surface area contributed by atoms with Crippen LogP contribution >= 0.6 is 11.6 Å². The Hall–Kier alpha value is -2.54. The second-order valence-corrected chi connectivity index (χ2v) is 10.9. The van der Waals surface area contributed by atoms with E-state index in [2.05, 4.69) is 44.9 Å². The average Bonchev–Trinajstić information content (AvgIpc) is 3.35. The van der Waals surface area contributed by atoms with E-state index in [0.717, 1.165) is 24.8 Å². The highest BCUT2D eigenvalue weighted by molar-refractivity contribution is 6.33. The molecular formula is C30H49ClN4O3. The second-order valence-electron chi connectivity index (χ2n) is 10.5. The summed E-state index contributed by atoms with van der Waals surface area (Å²) in [5, 5.41) is 6.15. The predicted octanol–water partition coefficient (Wildman–Crippen LogP) is 6.12. The molecule has 1 aromatic carbocycles. The van der Waals surface area contributed by atoms with Crippen LogP contribution in [0.4, 0.5) is 5.69 Å². The minimum Gasteiger partial charge on any atom is -0.398 e. The lowest BCUT2D eigenvalue weighted by Crippen LogP contribution is -2.54. The quantitative estimate of drug-likeness (QED) is 0.216. The monoisotopic (exact) mass is 548 g/mol. The van der Waals surface area contributed by atoms with Gasteiger partial charge in [-0.15, -0.1) is 6.58 Å². The van der Waals surface area contributed by atoms with Gasteiger partial charge in [-0.2, -0.15) is 0 Å². The molecule has 0 radical (unpaired) electrons. The highest BCUT2D eigenvalue weighted by atomic mass is 35.5. The number of nitrogens with zero attached hydrogens (tertiary/aromatic N) is 1. The molecule has 1 fully saturated rings. The molecule has 0 saturated carbocycles. The van der Waals surface area contributed by atoms with E-state index in [0.29, 0.717) is 36.6 Å². The van der Waals surface area contributed by atoms with Gasteiger partial charge >= 0.3 is 0 Å². The number of halogens is 1. The van der Waals surface area contributed by atoms with Crippen LogP contribution < -0.4 is 16.4 Å². The van der Waals surface area contributed by atoms with E-state index in [9.17, 15) is 14.4 Å². The molecule has 1 aliphatic rings. The molecule has 2 rings (SSSR count). The summed E-state index contributed by atoms with van der Waals surface area (Å²) in [5.41, 5.74) is 7.40. The Kier molecular flexibility index (Phi) is 15.1. The van der Waals surface area contributed by atoms with Gasteiger partial charge in [-0.25, -0.2) is 0 Å². The maximum atomic E-state index is 13.1. The lowest BCUT2D eigenvalue weighted by atomic mass is 9.92. The van der Waals surface area contributed by atoms with E-state index in [4.69, 9.17) is 17.3 Å². The third-order valence-electron chi connectivity index (χ3n) is 6.85. The maximum absolute atomic E-state index is 13.1. The van der Waals surface area contributed by atoms with Crippen LogP contribution in [0.5, 0.6) is 0 Å². The predicted molar refractivity (Wildman–Crippen MR) is 158 cm³/mol. The number of carbonyl (C=O) groups excluding carboxylic acids is 3. The molecule has 8 heteroatoms. The number of nitrogens with one attached hydrogen (secondary N) is 2. The minimum atomic E-state index is -0.785. The van der Waals surface area contributed by atoms with Gasteiger partial charge in [-0.1, -0.05) is 70.6 Å². The van der Waals surface area contributed by atoms with Crippen LogP contribution in [0.25, 0.3) is 0 Å². The summed E-state index contributed by atoms with van der Waals surface area (Å²) in [6, 6.07) is 3.23. The summed E-state index contributed by atoms with van der Waals surface area (Å²) in [4.78, 5) is 40.4. The minimum absolute atomic E-state index is 0.0140.